The second-order valence-corrected chi connectivity index (χ2v) is 5.12. The highest BCUT2D eigenvalue weighted by Crippen LogP contribution is 2.24. The minimum atomic E-state index is 0.135. The van der Waals surface area contributed by atoms with Gasteiger partial charge in [-0.25, -0.2) is 0 Å². The number of aromatic nitrogens is 2. The summed E-state index contributed by atoms with van der Waals surface area (Å²) in [6, 6.07) is 0. The molecule has 0 aromatic carbocycles. The van der Waals surface area contributed by atoms with E-state index in [2.05, 4.69) is 27.8 Å². The van der Waals surface area contributed by atoms with Crippen LogP contribution in [0.1, 0.15) is 11.5 Å². The first-order valence-electron chi connectivity index (χ1n) is 6.01. The molecule has 3 rings (SSSR count). The number of morpholine rings is 1. The van der Waals surface area contributed by atoms with E-state index in [1.165, 1.54) is 5.56 Å². The van der Waals surface area contributed by atoms with Crippen molar-refractivity contribution in [2.45, 2.75) is 19.4 Å². The third kappa shape index (κ3) is 2.45. The Hall–Kier alpha value is -1.24. The maximum Gasteiger partial charge on any atom is 0.229 e. The van der Waals surface area contributed by atoms with Crippen LogP contribution in [-0.4, -0.2) is 35.9 Å². The van der Waals surface area contributed by atoms with Crippen LogP contribution in [0.3, 0.4) is 0 Å². The van der Waals surface area contributed by atoms with Crippen LogP contribution in [0.2, 0.25) is 0 Å². The van der Waals surface area contributed by atoms with E-state index in [1.54, 1.807) is 11.3 Å². The van der Waals surface area contributed by atoms with Crippen molar-refractivity contribution in [3.8, 4) is 11.4 Å². The monoisotopic (exact) mass is 265 g/mol. The molecule has 1 saturated heterocycles. The summed E-state index contributed by atoms with van der Waals surface area (Å²) in [5.41, 5.74) is 2.24. The summed E-state index contributed by atoms with van der Waals surface area (Å²) in [5.74, 6) is 1.32. The van der Waals surface area contributed by atoms with Crippen LogP contribution < -0.4 is 5.32 Å². The lowest BCUT2D eigenvalue weighted by atomic mass is 10.2. The Morgan fingerprint density at radius 2 is 2.44 bits per heavy atom. The zero-order valence-electron chi connectivity index (χ0n) is 10.2. The van der Waals surface area contributed by atoms with Crippen molar-refractivity contribution in [2.24, 2.45) is 0 Å². The van der Waals surface area contributed by atoms with Gasteiger partial charge in [-0.05, 0) is 17.9 Å². The van der Waals surface area contributed by atoms with Gasteiger partial charge in [0.15, 0.2) is 0 Å². The Bertz CT molecular complexity index is 517. The molecular weight excluding hydrogens is 250 g/mol. The van der Waals surface area contributed by atoms with Gasteiger partial charge in [0.1, 0.15) is 0 Å². The number of rotatable bonds is 3. The van der Waals surface area contributed by atoms with Crippen molar-refractivity contribution in [1.29, 1.82) is 0 Å². The number of thiophene rings is 1. The fourth-order valence-electron chi connectivity index (χ4n) is 1.98. The first-order chi connectivity index (χ1) is 8.83. The maximum absolute atomic E-state index is 5.62. The standard InChI is InChI=1S/C12H15N3O2S/c1-8-6-18-7-10(8)12-14-11(17-15-12)4-9-5-13-2-3-16-9/h6-7,9,13H,2-5H2,1H3. The summed E-state index contributed by atoms with van der Waals surface area (Å²) in [5, 5.41) is 11.4. The van der Waals surface area contributed by atoms with Crippen LogP contribution in [0, 0.1) is 6.92 Å². The third-order valence-corrected chi connectivity index (χ3v) is 3.83. The number of ether oxygens (including phenoxy) is 1. The van der Waals surface area contributed by atoms with Gasteiger partial charge in [-0.3, -0.25) is 0 Å². The van der Waals surface area contributed by atoms with Crippen molar-refractivity contribution in [2.75, 3.05) is 19.7 Å². The summed E-state index contributed by atoms with van der Waals surface area (Å²) in [6.07, 6.45) is 0.805. The van der Waals surface area contributed by atoms with Crippen molar-refractivity contribution in [1.82, 2.24) is 15.5 Å². The van der Waals surface area contributed by atoms with E-state index in [4.69, 9.17) is 9.26 Å². The maximum atomic E-state index is 5.62. The second kappa shape index (κ2) is 5.17. The van der Waals surface area contributed by atoms with E-state index in [9.17, 15) is 0 Å². The number of hydrogen-bond donors (Lipinski definition) is 1. The largest absolute Gasteiger partial charge is 0.375 e. The van der Waals surface area contributed by atoms with E-state index in [-0.39, 0.29) is 6.10 Å². The van der Waals surface area contributed by atoms with Gasteiger partial charge in [0.2, 0.25) is 11.7 Å². The SMILES string of the molecule is Cc1cscc1-c1noc(CC2CNCCO2)n1. The fraction of sp³-hybridized carbons (Fsp3) is 0.500. The Labute approximate surface area is 109 Å². The molecule has 1 aliphatic rings. The topological polar surface area (TPSA) is 60.2 Å². The summed E-state index contributed by atoms with van der Waals surface area (Å²) in [7, 11) is 0. The third-order valence-electron chi connectivity index (χ3n) is 2.97. The number of nitrogens with one attached hydrogen (secondary N) is 1. The van der Waals surface area contributed by atoms with E-state index in [1.807, 2.05) is 5.38 Å². The van der Waals surface area contributed by atoms with Gasteiger partial charge in [0, 0.05) is 24.0 Å². The molecule has 1 N–H and O–H groups in total. The fourth-order valence-corrected chi connectivity index (χ4v) is 2.81. The highest BCUT2D eigenvalue weighted by atomic mass is 32.1. The molecule has 2 aromatic rings. The second-order valence-electron chi connectivity index (χ2n) is 4.38. The highest BCUT2D eigenvalue weighted by Gasteiger charge is 2.18. The average molecular weight is 265 g/mol. The lowest BCUT2D eigenvalue weighted by Crippen LogP contribution is -2.39. The van der Waals surface area contributed by atoms with Crippen molar-refractivity contribution in [3.05, 3.63) is 22.2 Å². The molecule has 1 fully saturated rings. The number of nitrogens with zero attached hydrogens (tertiary/aromatic N) is 2. The lowest BCUT2D eigenvalue weighted by Gasteiger charge is -2.21. The van der Waals surface area contributed by atoms with Crippen LogP contribution in [0.15, 0.2) is 15.3 Å². The van der Waals surface area contributed by atoms with Gasteiger partial charge in [0.25, 0.3) is 0 Å². The van der Waals surface area contributed by atoms with E-state index < -0.39 is 0 Å². The van der Waals surface area contributed by atoms with E-state index >= 15 is 0 Å². The molecule has 0 aliphatic carbocycles. The van der Waals surface area contributed by atoms with Crippen LogP contribution >= 0.6 is 11.3 Å². The first kappa shape index (κ1) is 11.8. The molecule has 0 amide bonds. The van der Waals surface area contributed by atoms with Gasteiger partial charge < -0.3 is 14.6 Å². The Balaban J connectivity index is 1.71. The lowest BCUT2D eigenvalue weighted by molar-refractivity contribution is 0.0246. The van der Waals surface area contributed by atoms with Crippen molar-refractivity contribution in [3.63, 3.8) is 0 Å². The van der Waals surface area contributed by atoms with Gasteiger partial charge in [-0.1, -0.05) is 5.16 Å². The molecule has 3 heterocycles. The van der Waals surface area contributed by atoms with Crippen LogP contribution in [0.4, 0.5) is 0 Å². The van der Waals surface area contributed by atoms with Crippen molar-refractivity contribution < 1.29 is 9.26 Å². The molecule has 0 radical (unpaired) electrons. The summed E-state index contributed by atoms with van der Waals surface area (Å²) >= 11 is 1.65. The Morgan fingerprint density at radius 3 is 3.17 bits per heavy atom. The molecule has 1 atom stereocenters. The molecule has 2 aromatic heterocycles. The molecule has 6 heteroatoms. The molecule has 18 heavy (non-hydrogen) atoms. The predicted octanol–water partition coefficient (Wildman–Crippen LogP) is 1.64. The molecule has 0 bridgehead atoms. The number of aryl methyl sites for hydroxylation is 1. The zero-order valence-corrected chi connectivity index (χ0v) is 11.0. The molecular formula is C12H15N3O2S. The molecule has 0 spiro atoms. The van der Waals surface area contributed by atoms with Crippen LogP contribution in [0.5, 0.6) is 0 Å². The summed E-state index contributed by atoms with van der Waals surface area (Å²) in [4.78, 5) is 4.43. The van der Waals surface area contributed by atoms with E-state index in [0.717, 1.165) is 25.3 Å². The molecule has 1 unspecified atom stereocenters. The van der Waals surface area contributed by atoms with Crippen molar-refractivity contribution >= 4 is 11.3 Å². The van der Waals surface area contributed by atoms with Gasteiger partial charge in [-0.2, -0.15) is 16.3 Å². The van der Waals surface area contributed by atoms with Gasteiger partial charge in [-0.15, -0.1) is 0 Å². The zero-order chi connectivity index (χ0) is 12.4. The Morgan fingerprint density at radius 1 is 1.50 bits per heavy atom. The molecule has 1 aliphatic heterocycles. The smallest absolute Gasteiger partial charge is 0.229 e. The number of hydrogen-bond acceptors (Lipinski definition) is 6. The summed E-state index contributed by atoms with van der Waals surface area (Å²) in [6.45, 7) is 4.56. The van der Waals surface area contributed by atoms with Crippen LogP contribution in [0.25, 0.3) is 11.4 Å². The van der Waals surface area contributed by atoms with Gasteiger partial charge in [0.05, 0.1) is 19.1 Å². The summed E-state index contributed by atoms with van der Waals surface area (Å²) < 4.78 is 10.9. The average Bonchev–Trinajstić information content (AvgIpc) is 2.99. The minimum absolute atomic E-state index is 0.135. The molecule has 96 valence electrons. The Kier molecular flexibility index (Phi) is 3.40. The quantitative estimate of drug-likeness (QED) is 0.914. The predicted molar refractivity (Wildman–Crippen MR) is 68.7 cm³/mol. The minimum Gasteiger partial charge on any atom is -0.375 e. The van der Waals surface area contributed by atoms with Crippen LogP contribution in [-0.2, 0) is 11.2 Å². The molecule has 5 nitrogen and oxygen atoms in total. The van der Waals surface area contributed by atoms with Gasteiger partial charge >= 0.3 is 0 Å². The van der Waals surface area contributed by atoms with E-state index in [0.29, 0.717) is 18.1 Å². The molecule has 0 saturated carbocycles. The normalized spacial score (nSPS) is 20.2. The highest BCUT2D eigenvalue weighted by molar-refractivity contribution is 7.08. The first-order valence-corrected chi connectivity index (χ1v) is 6.95.